The van der Waals surface area contributed by atoms with Crippen molar-refractivity contribution >= 4 is 23.0 Å². The van der Waals surface area contributed by atoms with Gasteiger partial charge in [-0.2, -0.15) is 0 Å². The van der Waals surface area contributed by atoms with Gasteiger partial charge in [0.15, 0.2) is 5.78 Å². The second-order valence-corrected chi connectivity index (χ2v) is 8.36. The zero-order valence-electron chi connectivity index (χ0n) is 15.4. The van der Waals surface area contributed by atoms with Crippen LogP contribution < -0.4 is 0 Å². The van der Waals surface area contributed by atoms with Crippen LogP contribution in [0, 0.1) is 5.92 Å². The van der Waals surface area contributed by atoms with Gasteiger partial charge in [-0.1, -0.05) is 12.1 Å². The van der Waals surface area contributed by atoms with Crippen molar-refractivity contribution in [1.29, 1.82) is 0 Å². The van der Waals surface area contributed by atoms with Crippen LogP contribution in [0.1, 0.15) is 45.8 Å². The second-order valence-electron chi connectivity index (χ2n) is 7.41. The fourth-order valence-corrected chi connectivity index (χ4v) is 4.95. The highest BCUT2D eigenvalue weighted by molar-refractivity contribution is 7.12. The Kier molecular flexibility index (Phi) is 5.64. The number of carbonyl (C=O) groups excluding carboxylic acids is 2. The molecule has 2 saturated heterocycles. The number of aromatic nitrogens is 1. The smallest absolute Gasteiger partial charge is 0.263 e. The average molecular weight is 384 g/mol. The summed E-state index contributed by atoms with van der Waals surface area (Å²) in [5.41, 5.74) is 0.584. The maximum absolute atomic E-state index is 12.8. The lowest BCUT2D eigenvalue weighted by atomic mass is 9.89. The SMILES string of the molecule is O=C(c1ccccn1)C1CCCN(C2CCN(C(=O)c3cccs3)CC2)C1. The lowest BCUT2D eigenvalue weighted by molar-refractivity contribution is 0.0507. The number of hydrogen-bond donors (Lipinski definition) is 0. The number of likely N-dealkylation sites (tertiary alicyclic amines) is 2. The molecule has 0 spiro atoms. The molecule has 2 aromatic rings. The maximum Gasteiger partial charge on any atom is 0.263 e. The molecule has 2 aliphatic rings. The van der Waals surface area contributed by atoms with Crippen LogP contribution in [0.3, 0.4) is 0 Å². The first kappa shape index (κ1) is 18.3. The van der Waals surface area contributed by atoms with Crippen molar-refractivity contribution in [2.45, 2.75) is 31.7 Å². The van der Waals surface area contributed by atoms with Gasteiger partial charge in [0.25, 0.3) is 5.91 Å². The molecule has 0 saturated carbocycles. The van der Waals surface area contributed by atoms with E-state index in [0.29, 0.717) is 11.7 Å². The number of pyridine rings is 1. The molecule has 2 fully saturated rings. The molecule has 142 valence electrons. The van der Waals surface area contributed by atoms with Crippen molar-refractivity contribution in [1.82, 2.24) is 14.8 Å². The minimum Gasteiger partial charge on any atom is -0.338 e. The first-order valence-electron chi connectivity index (χ1n) is 9.74. The largest absolute Gasteiger partial charge is 0.338 e. The summed E-state index contributed by atoms with van der Waals surface area (Å²) >= 11 is 1.51. The van der Waals surface area contributed by atoms with Gasteiger partial charge < -0.3 is 4.90 Å². The van der Waals surface area contributed by atoms with E-state index in [9.17, 15) is 9.59 Å². The number of hydrogen-bond acceptors (Lipinski definition) is 5. The minimum absolute atomic E-state index is 0.0411. The minimum atomic E-state index is 0.0411. The van der Waals surface area contributed by atoms with Crippen LogP contribution in [-0.4, -0.2) is 58.7 Å². The van der Waals surface area contributed by atoms with Gasteiger partial charge in [0.2, 0.25) is 0 Å². The molecule has 0 N–H and O–H groups in total. The van der Waals surface area contributed by atoms with Crippen molar-refractivity contribution in [3.05, 3.63) is 52.5 Å². The van der Waals surface area contributed by atoms with E-state index in [0.717, 1.165) is 56.7 Å². The average Bonchev–Trinajstić information content (AvgIpc) is 3.28. The zero-order chi connectivity index (χ0) is 18.6. The number of thiophene rings is 1. The number of amides is 1. The summed E-state index contributed by atoms with van der Waals surface area (Å²) < 4.78 is 0. The summed E-state index contributed by atoms with van der Waals surface area (Å²) in [7, 11) is 0. The first-order valence-corrected chi connectivity index (χ1v) is 10.6. The van der Waals surface area contributed by atoms with Crippen molar-refractivity contribution < 1.29 is 9.59 Å². The van der Waals surface area contributed by atoms with Crippen molar-refractivity contribution in [3.63, 3.8) is 0 Å². The maximum atomic E-state index is 12.8. The van der Waals surface area contributed by atoms with Gasteiger partial charge >= 0.3 is 0 Å². The summed E-state index contributed by atoms with van der Waals surface area (Å²) in [6.45, 7) is 3.47. The van der Waals surface area contributed by atoms with Crippen LogP contribution in [0.4, 0.5) is 0 Å². The molecule has 1 amide bonds. The van der Waals surface area contributed by atoms with Crippen LogP contribution in [-0.2, 0) is 0 Å². The van der Waals surface area contributed by atoms with E-state index in [1.54, 1.807) is 6.20 Å². The molecule has 6 heteroatoms. The van der Waals surface area contributed by atoms with Gasteiger partial charge in [-0.05, 0) is 55.8 Å². The van der Waals surface area contributed by atoms with Crippen LogP contribution >= 0.6 is 11.3 Å². The third-order valence-electron chi connectivity index (χ3n) is 5.74. The number of carbonyl (C=O) groups is 2. The Hall–Kier alpha value is -2.05. The fraction of sp³-hybridized carbons (Fsp3) is 0.476. The van der Waals surface area contributed by atoms with Crippen LogP contribution in [0.2, 0.25) is 0 Å². The van der Waals surface area contributed by atoms with Crippen LogP contribution in [0.5, 0.6) is 0 Å². The second kappa shape index (κ2) is 8.31. The van der Waals surface area contributed by atoms with E-state index in [-0.39, 0.29) is 17.6 Å². The number of piperidine rings is 2. The number of ketones is 1. The summed E-state index contributed by atoms with van der Waals surface area (Å²) in [5, 5.41) is 1.95. The summed E-state index contributed by atoms with van der Waals surface area (Å²) in [4.78, 5) is 34.8. The van der Waals surface area contributed by atoms with Crippen LogP contribution in [0.15, 0.2) is 41.9 Å². The quantitative estimate of drug-likeness (QED) is 0.760. The van der Waals surface area contributed by atoms with E-state index in [1.165, 1.54) is 11.3 Å². The topological polar surface area (TPSA) is 53.5 Å². The van der Waals surface area contributed by atoms with E-state index in [2.05, 4.69) is 9.88 Å². The van der Waals surface area contributed by atoms with Crippen molar-refractivity contribution in [2.24, 2.45) is 5.92 Å². The van der Waals surface area contributed by atoms with Gasteiger partial charge in [0, 0.05) is 37.8 Å². The highest BCUT2D eigenvalue weighted by atomic mass is 32.1. The predicted molar refractivity (Wildman–Crippen MR) is 106 cm³/mol. The number of nitrogens with zero attached hydrogens (tertiary/aromatic N) is 3. The molecule has 0 aromatic carbocycles. The highest BCUT2D eigenvalue weighted by Gasteiger charge is 2.33. The molecule has 4 rings (SSSR count). The van der Waals surface area contributed by atoms with E-state index >= 15 is 0 Å². The molecule has 4 heterocycles. The number of rotatable bonds is 4. The first-order chi connectivity index (χ1) is 13.2. The molecule has 2 aliphatic heterocycles. The Labute approximate surface area is 164 Å². The third-order valence-corrected chi connectivity index (χ3v) is 6.60. The van der Waals surface area contributed by atoms with Gasteiger partial charge in [-0.3, -0.25) is 19.5 Å². The molecule has 5 nitrogen and oxygen atoms in total. The number of Topliss-reactive ketones (excluding diaryl/α,β-unsaturated/α-hetero) is 1. The Balaban J connectivity index is 1.33. The summed E-state index contributed by atoms with van der Waals surface area (Å²) in [6.07, 6.45) is 5.66. The molecule has 0 radical (unpaired) electrons. The Morgan fingerprint density at radius 3 is 2.59 bits per heavy atom. The Morgan fingerprint density at radius 2 is 1.89 bits per heavy atom. The highest BCUT2D eigenvalue weighted by Crippen LogP contribution is 2.26. The van der Waals surface area contributed by atoms with E-state index < -0.39 is 0 Å². The van der Waals surface area contributed by atoms with Gasteiger partial charge in [-0.15, -0.1) is 11.3 Å². The lowest BCUT2D eigenvalue weighted by Gasteiger charge is -2.42. The Morgan fingerprint density at radius 1 is 1.04 bits per heavy atom. The summed E-state index contributed by atoms with van der Waals surface area (Å²) in [5.74, 6) is 0.371. The van der Waals surface area contributed by atoms with Crippen LogP contribution in [0.25, 0.3) is 0 Å². The molecule has 2 aromatic heterocycles. The normalized spacial score (nSPS) is 21.9. The predicted octanol–water partition coefficient (Wildman–Crippen LogP) is 3.34. The zero-order valence-corrected chi connectivity index (χ0v) is 16.2. The molecule has 1 atom stereocenters. The fourth-order valence-electron chi connectivity index (χ4n) is 4.26. The monoisotopic (exact) mass is 383 g/mol. The van der Waals surface area contributed by atoms with Gasteiger partial charge in [0.1, 0.15) is 5.69 Å². The van der Waals surface area contributed by atoms with Crippen molar-refractivity contribution in [3.8, 4) is 0 Å². The molecule has 27 heavy (non-hydrogen) atoms. The molecular formula is C21H25N3O2S. The Bertz CT molecular complexity index is 770. The third kappa shape index (κ3) is 4.12. The van der Waals surface area contributed by atoms with E-state index in [4.69, 9.17) is 0 Å². The molecule has 0 bridgehead atoms. The lowest BCUT2D eigenvalue weighted by Crippen LogP contribution is -2.50. The van der Waals surface area contributed by atoms with Gasteiger partial charge in [0.05, 0.1) is 4.88 Å². The van der Waals surface area contributed by atoms with Gasteiger partial charge in [-0.25, -0.2) is 0 Å². The standard InChI is InChI=1S/C21H25N3O2S/c25-20(18-6-1-2-10-22-18)16-5-3-11-24(15-16)17-8-12-23(13-9-17)21(26)19-7-4-14-27-19/h1-2,4,6-7,10,14,16-17H,3,5,8-9,11-13,15H2. The molecular weight excluding hydrogens is 358 g/mol. The summed E-state index contributed by atoms with van der Waals surface area (Å²) in [6, 6.07) is 9.83. The molecule has 0 aliphatic carbocycles. The van der Waals surface area contributed by atoms with Crippen molar-refractivity contribution in [2.75, 3.05) is 26.2 Å². The molecule has 1 unspecified atom stereocenters. The van der Waals surface area contributed by atoms with E-state index in [1.807, 2.05) is 40.6 Å².